The zero-order valence-electron chi connectivity index (χ0n) is 15.2. The van der Waals surface area contributed by atoms with E-state index >= 15 is 0 Å². The molecule has 0 aromatic heterocycles. The minimum atomic E-state index is -0.605. The van der Waals surface area contributed by atoms with Gasteiger partial charge >= 0.3 is 0 Å². The second kappa shape index (κ2) is 8.47. The third-order valence-electron chi connectivity index (χ3n) is 4.33. The number of hydrogen-bond donors (Lipinski definition) is 3. The molecule has 1 aliphatic rings. The SMILES string of the molecule is CC(C)NCC(O)COc1cccc2c1C(=Cc1ccccc1)C[NH+]2[O-]. The van der Waals surface area contributed by atoms with Crippen molar-refractivity contribution in [2.75, 3.05) is 19.7 Å². The van der Waals surface area contributed by atoms with E-state index in [0.717, 1.165) is 16.7 Å². The largest absolute Gasteiger partial charge is 0.629 e. The number of hydrogen-bond acceptors (Lipinski definition) is 4. The fourth-order valence-corrected chi connectivity index (χ4v) is 3.06. The lowest BCUT2D eigenvalue weighted by Crippen LogP contribution is -3.00. The molecule has 26 heavy (non-hydrogen) atoms. The number of aliphatic hydroxyl groups is 1. The quantitative estimate of drug-likeness (QED) is 0.665. The maximum atomic E-state index is 12.4. The third-order valence-corrected chi connectivity index (χ3v) is 4.33. The Labute approximate surface area is 154 Å². The van der Waals surface area contributed by atoms with Crippen molar-refractivity contribution in [1.29, 1.82) is 0 Å². The highest BCUT2D eigenvalue weighted by Gasteiger charge is 2.27. The third kappa shape index (κ3) is 4.51. The molecule has 0 aliphatic carbocycles. The molecule has 0 spiro atoms. The molecule has 5 nitrogen and oxygen atoms in total. The molecule has 0 saturated heterocycles. The molecule has 5 heteroatoms. The summed E-state index contributed by atoms with van der Waals surface area (Å²) in [6.45, 7) is 5.09. The summed E-state index contributed by atoms with van der Waals surface area (Å²) in [7, 11) is 0. The summed E-state index contributed by atoms with van der Waals surface area (Å²) in [6, 6.07) is 15.8. The topological polar surface area (TPSA) is 69.0 Å². The zero-order chi connectivity index (χ0) is 18.5. The molecule has 2 unspecified atom stereocenters. The van der Waals surface area contributed by atoms with Crippen molar-refractivity contribution in [2.24, 2.45) is 0 Å². The van der Waals surface area contributed by atoms with Gasteiger partial charge in [0.15, 0.2) is 0 Å². The molecule has 2 atom stereocenters. The first-order valence-corrected chi connectivity index (χ1v) is 9.01. The summed E-state index contributed by atoms with van der Waals surface area (Å²) in [5.74, 6) is 0.652. The lowest BCUT2D eigenvalue weighted by atomic mass is 10.0. The average molecular weight is 354 g/mol. The van der Waals surface area contributed by atoms with Gasteiger partial charge in [0, 0.05) is 24.2 Å². The van der Waals surface area contributed by atoms with Crippen LogP contribution in [0.2, 0.25) is 0 Å². The molecule has 3 rings (SSSR count). The van der Waals surface area contributed by atoms with Crippen LogP contribution in [0.15, 0.2) is 48.5 Å². The van der Waals surface area contributed by atoms with E-state index in [2.05, 4.69) is 5.32 Å². The minimum absolute atomic E-state index is 0.106. The van der Waals surface area contributed by atoms with Crippen molar-refractivity contribution in [3.8, 4) is 5.75 Å². The van der Waals surface area contributed by atoms with Gasteiger partial charge in [0.2, 0.25) is 0 Å². The summed E-state index contributed by atoms with van der Waals surface area (Å²) in [6.07, 6.45) is 1.43. The molecular weight excluding hydrogens is 328 g/mol. The summed E-state index contributed by atoms with van der Waals surface area (Å²) in [5, 5.41) is 25.8. The molecule has 0 amide bonds. The van der Waals surface area contributed by atoms with Crippen LogP contribution in [0, 0.1) is 5.21 Å². The van der Waals surface area contributed by atoms with Crippen molar-refractivity contribution >= 4 is 17.3 Å². The Morgan fingerprint density at radius 1 is 1.19 bits per heavy atom. The van der Waals surface area contributed by atoms with Gasteiger partial charge < -0.3 is 25.4 Å². The Kier molecular flexibility index (Phi) is 6.06. The van der Waals surface area contributed by atoms with Gasteiger partial charge in [0.1, 0.15) is 30.7 Å². The number of aliphatic hydroxyl groups excluding tert-OH is 1. The van der Waals surface area contributed by atoms with Gasteiger partial charge in [-0.25, -0.2) is 0 Å². The summed E-state index contributed by atoms with van der Waals surface area (Å²) in [4.78, 5) is 0. The molecule has 138 valence electrons. The molecule has 1 heterocycles. The fourth-order valence-electron chi connectivity index (χ4n) is 3.06. The van der Waals surface area contributed by atoms with Gasteiger partial charge in [-0.15, -0.1) is 0 Å². The van der Waals surface area contributed by atoms with E-state index in [9.17, 15) is 10.3 Å². The Hall–Kier alpha value is -2.18. The van der Waals surface area contributed by atoms with Crippen LogP contribution in [0.25, 0.3) is 11.6 Å². The molecule has 0 radical (unpaired) electrons. The number of rotatable bonds is 7. The maximum Gasteiger partial charge on any atom is 0.143 e. The van der Waals surface area contributed by atoms with Crippen LogP contribution in [-0.2, 0) is 0 Å². The average Bonchev–Trinajstić information content (AvgIpc) is 2.95. The molecular formula is C21H26N2O3. The monoisotopic (exact) mass is 354 g/mol. The van der Waals surface area contributed by atoms with Crippen LogP contribution < -0.4 is 15.1 Å². The predicted molar refractivity (Wildman–Crippen MR) is 104 cm³/mol. The van der Waals surface area contributed by atoms with Gasteiger partial charge in [-0.2, -0.15) is 0 Å². The standard InChI is InChI=1S/C21H26N2O3/c1-15(2)22-12-18(24)14-26-20-10-6-9-19-21(20)17(13-23(19)25)11-16-7-4-3-5-8-16/h3-11,15,18,22-24H,12-14H2,1-2H3. The minimum Gasteiger partial charge on any atom is -0.629 e. The van der Waals surface area contributed by atoms with Crippen molar-refractivity contribution in [2.45, 2.75) is 26.0 Å². The number of fused-ring (bicyclic) bond motifs is 1. The number of hydroxylamine groups is 1. The fraction of sp³-hybridized carbons (Fsp3) is 0.333. The van der Waals surface area contributed by atoms with Crippen LogP contribution in [-0.4, -0.2) is 36.9 Å². The van der Waals surface area contributed by atoms with Crippen LogP contribution in [0.4, 0.5) is 5.69 Å². The first kappa shape index (κ1) is 18.6. The highest BCUT2D eigenvalue weighted by molar-refractivity contribution is 5.90. The van der Waals surface area contributed by atoms with Crippen molar-refractivity contribution in [3.05, 3.63) is 64.9 Å². The maximum absolute atomic E-state index is 12.4. The predicted octanol–water partition coefficient (Wildman–Crippen LogP) is 1.99. The van der Waals surface area contributed by atoms with Crippen molar-refractivity contribution in [1.82, 2.24) is 5.32 Å². The first-order valence-electron chi connectivity index (χ1n) is 9.01. The van der Waals surface area contributed by atoms with Crippen LogP contribution in [0.3, 0.4) is 0 Å². The van der Waals surface area contributed by atoms with E-state index < -0.39 is 6.10 Å². The molecule has 0 bridgehead atoms. The molecule has 2 aromatic carbocycles. The van der Waals surface area contributed by atoms with Gasteiger partial charge in [0.05, 0.1) is 5.56 Å². The lowest BCUT2D eigenvalue weighted by Gasteiger charge is -2.17. The molecule has 1 aliphatic heterocycles. The smallest absolute Gasteiger partial charge is 0.143 e. The first-order chi connectivity index (χ1) is 12.5. The molecule has 0 saturated carbocycles. The van der Waals surface area contributed by atoms with Crippen molar-refractivity contribution in [3.63, 3.8) is 0 Å². The lowest BCUT2D eigenvalue weighted by molar-refractivity contribution is -0.762. The Bertz CT molecular complexity index is 759. The summed E-state index contributed by atoms with van der Waals surface area (Å²) >= 11 is 0. The second-order valence-electron chi connectivity index (χ2n) is 6.89. The number of nitrogens with one attached hydrogen (secondary N) is 2. The van der Waals surface area contributed by atoms with Gasteiger partial charge in [-0.05, 0) is 17.7 Å². The highest BCUT2D eigenvalue weighted by Crippen LogP contribution is 2.35. The number of benzene rings is 2. The number of ether oxygens (including phenoxy) is 1. The highest BCUT2D eigenvalue weighted by atomic mass is 16.5. The Morgan fingerprint density at radius 3 is 2.69 bits per heavy atom. The van der Waals surface area contributed by atoms with E-state index in [1.165, 1.54) is 0 Å². The van der Waals surface area contributed by atoms with Gasteiger partial charge in [-0.3, -0.25) is 0 Å². The Morgan fingerprint density at radius 2 is 1.96 bits per heavy atom. The molecule has 0 fully saturated rings. The van der Waals surface area contributed by atoms with E-state index in [1.807, 2.05) is 68.5 Å². The van der Waals surface area contributed by atoms with E-state index in [-0.39, 0.29) is 11.7 Å². The van der Waals surface area contributed by atoms with Crippen molar-refractivity contribution < 1.29 is 14.9 Å². The van der Waals surface area contributed by atoms with Crippen LogP contribution in [0.5, 0.6) is 5.75 Å². The Balaban J connectivity index is 1.80. The zero-order valence-corrected chi connectivity index (χ0v) is 15.2. The van der Waals surface area contributed by atoms with E-state index in [0.29, 0.717) is 30.6 Å². The van der Waals surface area contributed by atoms with Gasteiger partial charge in [0.25, 0.3) is 0 Å². The van der Waals surface area contributed by atoms with Crippen LogP contribution in [0.1, 0.15) is 25.0 Å². The molecule has 2 aromatic rings. The van der Waals surface area contributed by atoms with Crippen LogP contribution >= 0.6 is 0 Å². The number of quaternary nitrogens is 1. The van der Waals surface area contributed by atoms with E-state index in [4.69, 9.17) is 4.74 Å². The van der Waals surface area contributed by atoms with Gasteiger partial charge in [-0.1, -0.05) is 50.2 Å². The molecule has 3 N–H and O–H groups in total. The summed E-state index contributed by atoms with van der Waals surface area (Å²) in [5.41, 5.74) is 3.56. The second-order valence-corrected chi connectivity index (χ2v) is 6.89. The summed E-state index contributed by atoms with van der Waals surface area (Å²) < 4.78 is 5.88. The normalized spacial score (nSPS) is 19.0. The van der Waals surface area contributed by atoms with E-state index in [1.54, 1.807) is 0 Å².